The van der Waals surface area contributed by atoms with Crippen molar-refractivity contribution in [2.45, 2.75) is 20.8 Å². The van der Waals surface area contributed by atoms with Gasteiger partial charge in [-0.1, -0.05) is 6.07 Å². The van der Waals surface area contributed by atoms with Gasteiger partial charge >= 0.3 is 0 Å². The second-order valence-corrected chi connectivity index (χ2v) is 4.92. The third-order valence-corrected chi connectivity index (χ3v) is 3.28. The quantitative estimate of drug-likeness (QED) is 0.841. The van der Waals surface area contributed by atoms with Gasteiger partial charge in [-0.3, -0.25) is 4.79 Å². The fraction of sp³-hybridized carbons (Fsp3) is 0.188. The van der Waals surface area contributed by atoms with Crippen LogP contribution in [-0.2, 0) is 0 Å². The molecule has 4 heteroatoms. The number of rotatable bonds is 3. The highest BCUT2D eigenvalue weighted by molar-refractivity contribution is 5.94. The Morgan fingerprint density at radius 2 is 1.75 bits per heavy atom. The number of aryl methyl sites for hydroxylation is 2. The van der Waals surface area contributed by atoms with Crippen LogP contribution in [0.25, 0.3) is 0 Å². The Morgan fingerprint density at radius 1 is 1.05 bits per heavy atom. The molecule has 1 amide bonds. The van der Waals surface area contributed by atoms with Crippen LogP contribution in [0.3, 0.4) is 0 Å². The minimum atomic E-state index is -0.508. The topological polar surface area (TPSA) is 78.3 Å². The molecule has 20 heavy (non-hydrogen) atoms. The fourth-order valence-electron chi connectivity index (χ4n) is 2.02. The molecule has 0 atom stereocenters. The molecule has 0 aliphatic rings. The third-order valence-electron chi connectivity index (χ3n) is 3.28. The van der Waals surface area contributed by atoms with Gasteiger partial charge in [0.05, 0.1) is 5.69 Å². The van der Waals surface area contributed by atoms with Gasteiger partial charge in [0, 0.05) is 5.56 Å². The predicted octanol–water partition coefficient (Wildman–Crippen LogP) is 3.09. The van der Waals surface area contributed by atoms with E-state index in [2.05, 4.69) is 6.07 Å². The molecule has 0 fully saturated rings. The molecular formula is C16H18N2O2. The molecule has 2 aromatic carbocycles. The summed E-state index contributed by atoms with van der Waals surface area (Å²) in [6.07, 6.45) is 0. The van der Waals surface area contributed by atoms with E-state index in [4.69, 9.17) is 16.2 Å². The molecule has 0 aromatic heterocycles. The van der Waals surface area contributed by atoms with Crippen LogP contribution in [0.4, 0.5) is 5.69 Å². The lowest BCUT2D eigenvalue weighted by Gasteiger charge is -2.14. The molecule has 0 aliphatic heterocycles. The summed E-state index contributed by atoms with van der Waals surface area (Å²) >= 11 is 0. The van der Waals surface area contributed by atoms with Gasteiger partial charge < -0.3 is 16.2 Å². The molecule has 0 aliphatic carbocycles. The zero-order valence-electron chi connectivity index (χ0n) is 11.9. The smallest absolute Gasteiger partial charge is 0.248 e. The van der Waals surface area contributed by atoms with Crippen LogP contribution in [-0.4, -0.2) is 5.91 Å². The number of amides is 1. The lowest BCUT2D eigenvalue weighted by atomic mass is 10.1. The van der Waals surface area contributed by atoms with E-state index in [-0.39, 0.29) is 0 Å². The second kappa shape index (κ2) is 5.25. The largest absolute Gasteiger partial charge is 0.455 e. The summed E-state index contributed by atoms with van der Waals surface area (Å²) in [4.78, 5) is 11.1. The molecule has 0 bridgehead atoms. The van der Waals surface area contributed by atoms with E-state index >= 15 is 0 Å². The number of hydrogen-bond donors (Lipinski definition) is 2. The van der Waals surface area contributed by atoms with Crippen molar-refractivity contribution in [3.05, 3.63) is 52.6 Å². The zero-order chi connectivity index (χ0) is 14.9. The van der Waals surface area contributed by atoms with Crippen LogP contribution < -0.4 is 16.2 Å². The van der Waals surface area contributed by atoms with Crippen molar-refractivity contribution in [1.82, 2.24) is 0 Å². The number of nitrogen functional groups attached to an aromatic ring is 1. The molecule has 0 heterocycles. The molecule has 0 saturated heterocycles. The first-order chi connectivity index (χ1) is 9.38. The van der Waals surface area contributed by atoms with Gasteiger partial charge in [0.1, 0.15) is 11.5 Å². The van der Waals surface area contributed by atoms with E-state index in [1.54, 1.807) is 12.1 Å². The van der Waals surface area contributed by atoms with Crippen molar-refractivity contribution in [1.29, 1.82) is 0 Å². The molecule has 4 N–H and O–H groups in total. The van der Waals surface area contributed by atoms with Gasteiger partial charge in [0.25, 0.3) is 0 Å². The van der Waals surface area contributed by atoms with Crippen molar-refractivity contribution in [2.75, 3.05) is 5.73 Å². The monoisotopic (exact) mass is 270 g/mol. The van der Waals surface area contributed by atoms with Gasteiger partial charge in [-0.25, -0.2) is 0 Å². The van der Waals surface area contributed by atoms with Gasteiger partial charge in [-0.05, 0) is 61.7 Å². The Morgan fingerprint density at radius 3 is 2.35 bits per heavy atom. The summed E-state index contributed by atoms with van der Waals surface area (Å²) in [6.45, 7) is 6.05. The van der Waals surface area contributed by atoms with E-state index < -0.39 is 5.91 Å². The van der Waals surface area contributed by atoms with E-state index in [0.717, 1.165) is 22.4 Å². The van der Waals surface area contributed by atoms with E-state index in [9.17, 15) is 4.79 Å². The molecule has 104 valence electrons. The SMILES string of the molecule is Cc1cc(C)c(C)c(Oc2ccc(C(N)=O)cc2N)c1. The summed E-state index contributed by atoms with van der Waals surface area (Å²) < 4.78 is 5.86. The normalized spacial score (nSPS) is 10.3. The number of primary amides is 1. The number of hydrogen-bond acceptors (Lipinski definition) is 3. The maximum Gasteiger partial charge on any atom is 0.248 e. The maximum absolute atomic E-state index is 11.1. The molecule has 0 unspecified atom stereocenters. The Balaban J connectivity index is 2.38. The maximum atomic E-state index is 11.1. The van der Waals surface area contributed by atoms with E-state index in [0.29, 0.717) is 17.0 Å². The first-order valence-electron chi connectivity index (χ1n) is 6.33. The number of ether oxygens (including phenoxy) is 1. The number of benzene rings is 2. The van der Waals surface area contributed by atoms with Crippen molar-refractivity contribution >= 4 is 11.6 Å². The summed E-state index contributed by atoms with van der Waals surface area (Å²) in [5.41, 5.74) is 15.2. The first-order valence-corrected chi connectivity index (χ1v) is 6.33. The van der Waals surface area contributed by atoms with Crippen LogP contribution in [0.5, 0.6) is 11.5 Å². The minimum Gasteiger partial charge on any atom is -0.455 e. The predicted molar refractivity (Wildman–Crippen MR) is 80.1 cm³/mol. The van der Waals surface area contributed by atoms with Crippen molar-refractivity contribution in [3.8, 4) is 11.5 Å². The summed E-state index contributed by atoms with van der Waals surface area (Å²) in [6, 6.07) is 8.85. The van der Waals surface area contributed by atoms with E-state index in [1.807, 2.05) is 26.8 Å². The van der Waals surface area contributed by atoms with Crippen LogP contribution in [0.2, 0.25) is 0 Å². The second-order valence-electron chi connectivity index (χ2n) is 4.92. The average Bonchev–Trinajstić information content (AvgIpc) is 2.37. The average molecular weight is 270 g/mol. The van der Waals surface area contributed by atoms with Crippen molar-refractivity contribution < 1.29 is 9.53 Å². The molecule has 0 saturated carbocycles. The highest BCUT2D eigenvalue weighted by atomic mass is 16.5. The summed E-state index contributed by atoms with van der Waals surface area (Å²) in [5.74, 6) is 0.773. The van der Waals surface area contributed by atoms with Crippen LogP contribution in [0.1, 0.15) is 27.0 Å². The zero-order valence-corrected chi connectivity index (χ0v) is 11.9. The van der Waals surface area contributed by atoms with Crippen LogP contribution in [0.15, 0.2) is 30.3 Å². The van der Waals surface area contributed by atoms with Gasteiger partial charge in [0.2, 0.25) is 5.91 Å². The Bertz CT molecular complexity index is 678. The number of nitrogens with two attached hydrogens (primary N) is 2. The summed E-state index contributed by atoms with van der Waals surface area (Å²) in [7, 11) is 0. The number of anilines is 1. The van der Waals surface area contributed by atoms with E-state index in [1.165, 1.54) is 6.07 Å². The fourth-order valence-corrected chi connectivity index (χ4v) is 2.02. The molecule has 2 aromatic rings. The molecular weight excluding hydrogens is 252 g/mol. The minimum absolute atomic E-state index is 0.368. The van der Waals surface area contributed by atoms with Gasteiger partial charge in [-0.2, -0.15) is 0 Å². The molecule has 4 nitrogen and oxygen atoms in total. The number of carbonyl (C=O) groups excluding carboxylic acids is 1. The molecule has 0 radical (unpaired) electrons. The first kappa shape index (κ1) is 13.9. The Kier molecular flexibility index (Phi) is 3.66. The lowest BCUT2D eigenvalue weighted by Crippen LogP contribution is -2.11. The van der Waals surface area contributed by atoms with Gasteiger partial charge in [0.15, 0.2) is 0 Å². The van der Waals surface area contributed by atoms with Crippen LogP contribution in [0, 0.1) is 20.8 Å². The highest BCUT2D eigenvalue weighted by Crippen LogP contribution is 2.32. The summed E-state index contributed by atoms with van der Waals surface area (Å²) in [5, 5.41) is 0. The van der Waals surface area contributed by atoms with Crippen molar-refractivity contribution in [2.24, 2.45) is 5.73 Å². The number of carbonyl (C=O) groups is 1. The third kappa shape index (κ3) is 2.74. The Labute approximate surface area is 118 Å². The highest BCUT2D eigenvalue weighted by Gasteiger charge is 2.09. The standard InChI is InChI=1S/C16H18N2O2/c1-9-6-10(2)11(3)15(7-9)20-14-5-4-12(16(18)19)8-13(14)17/h4-8H,17H2,1-3H3,(H2,18,19). The lowest BCUT2D eigenvalue weighted by molar-refractivity contribution is 0.100. The van der Waals surface area contributed by atoms with Crippen LogP contribution >= 0.6 is 0 Å². The van der Waals surface area contributed by atoms with Crippen molar-refractivity contribution in [3.63, 3.8) is 0 Å². The Hall–Kier alpha value is -2.49. The molecule has 0 spiro atoms. The van der Waals surface area contributed by atoms with Gasteiger partial charge in [-0.15, -0.1) is 0 Å². The molecule has 2 rings (SSSR count).